The first kappa shape index (κ1) is 25.6. The molecule has 0 aromatic heterocycles. The molecule has 0 radical (unpaired) electrons. The zero-order chi connectivity index (χ0) is 20.0. The van der Waals surface area contributed by atoms with Gasteiger partial charge in [-0.1, -0.05) is 74.8 Å². The summed E-state index contributed by atoms with van der Waals surface area (Å²) in [5.74, 6) is -0.0322. The number of hydrogen-bond acceptors (Lipinski definition) is 3. The van der Waals surface area contributed by atoms with Crippen molar-refractivity contribution < 1.29 is 9.90 Å². The monoisotopic (exact) mass is 375 g/mol. The van der Waals surface area contributed by atoms with Gasteiger partial charge in [-0.05, 0) is 51.4 Å². The van der Waals surface area contributed by atoms with Gasteiger partial charge in [-0.2, -0.15) is 0 Å². The predicted octanol–water partition coefficient (Wildman–Crippen LogP) is 5.80. The Balaban J connectivity index is 3.45. The second-order valence-electron chi connectivity index (χ2n) is 6.94. The van der Waals surface area contributed by atoms with Gasteiger partial charge in [0, 0.05) is 6.42 Å². The number of nitrogens with two attached hydrogens (primary N) is 1. The van der Waals surface area contributed by atoms with Crippen LogP contribution in [0.25, 0.3) is 0 Å². The van der Waals surface area contributed by atoms with E-state index in [0.29, 0.717) is 6.42 Å². The van der Waals surface area contributed by atoms with Crippen LogP contribution in [-0.2, 0) is 4.79 Å². The first-order valence-electron chi connectivity index (χ1n) is 10.7. The molecule has 3 nitrogen and oxygen atoms in total. The Hall–Kier alpha value is -1.45. The van der Waals surface area contributed by atoms with Gasteiger partial charge in [-0.15, -0.1) is 0 Å². The van der Waals surface area contributed by atoms with Crippen molar-refractivity contribution in [1.82, 2.24) is 0 Å². The van der Waals surface area contributed by atoms with E-state index in [4.69, 9.17) is 10.8 Å². The van der Waals surface area contributed by atoms with Gasteiger partial charge in [0.25, 0.3) is 0 Å². The zero-order valence-electron chi connectivity index (χ0n) is 17.3. The van der Waals surface area contributed by atoms with E-state index in [1.54, 1.807) is 0 Å². The van der Waals surface area contributed by atoms with Crippen LogP contribution in [0.15, 0.2) is 48.6 Å². The standard InChI is InChI=1S/C24H41NO2/c1-2-3-4-5-6-7-8-9-10-11-12-13-14-15-16-17-18-19-20-21-24(27)23(25)22-26/h6-7,9-10,12-13,15-16,23,26H,2-5,8,11,14,17-22,25H2,1H3/b7-6+,10-9+,13-12+,16-15+. The van der Waals surface area contributed by atoms with E-state index >= 15 is 0 Å². The van der Waals surface area contributed by atoms with Crippen LogP contribution in [-0.4, -0.2) is 23.5 Å². The molecule has 0 aliphatic heterocycles. The Bertz CT molecular complexity index is 449. The van der Waals surface area contributed by atoms with Gasteiger partial charge in [-0.3, -0.25) is 4.79 Å². The lowest BCUT2D eigenvalue weighted by Crippen LogP contribution is -2.33. The number of aliphatic hydroxyl groups is 1. The summed E-state index contributed by atoms with van der Waals surface area (Å²) >= 11 is 0. The Morgan fingerprint density at radius 3 is 1.74 bits per heavy atom. The molecule has 27 heavy (non-hydrogen) atoms. The van der Waals surface area contributed by atoms with Gasteiger partial charge in [-0.25, -0.2) is 0 Å². The van der Waals surface area contributed by atoms with Crippen molar-refractivity contribution in [1.29, 1.82) is 0 Å². The average Bonchev–Trinajstić information content (AvgIpc) is 2.68. The van der Waals surface area contributed by atoms with Crippen LogP contribution in [0.2, 0.25) is 0 Å². The van der Waals surface area contributed by atoms with Crippen LogP contribution in [0, 0.1) is 0 Å². The average molecular weight is 376 g/mol. The molecule has 0 fully saturated rings. The molecule has 0 saturated carbocycles. The van der Waals surface area contributed by atoms with Crippen LogP contribution in [0.5, 0.6) is 0 Å². The molecular weight excluding hydrogens is 334 g/mol. The number of unbranched alkanes of at least 4 members (excludes halogenated alkanes) is 6. The Morgan fingerprint density at radius 2 is 1.26 bits per heavy atom. The Labute approximate surface area is 167 Å². The Kier molecular flexibility index (Phi) is 19.7. The fourth-order valence-corrected chi connectivity index (χ4v) is 2.59. The van der Waals surface area contributed by atoms with E-state index in [9.17, 15) is 4.79 Å². The normalized spacial score (nSPS) is 13.6. The van der Waals surface area contributed by atoms with Gasteiger partial charge >= 0.3 is 0 Å². The molecule has 0 amide bonds. The van der Waals surface area contributed by atoms with E-state index in [1.165, 1.54) is 25.7 Å². The van der Waals surface area contributed by atoms with Gasteiger partial charge in [0.1, 0.15) is 0 Å². The number of aliphatic hydroxyl groups excluding tert-OH is 1. The summed E-state index contributed by atoms with van der Waals surface area (Å²) in [4.78, 5) is 11.4. The maximum atomic E-state index is 11.4. The quantitative estimate of drug-likeness (QED) is 0.235. The number of carbonyl (C=O) groups excluding carboxylic acids is 1. The molecule has 3 heteroatoms. The smallest absolute Gasteiger partial charge is 0.151 e. The van der Waals surface area contributed by atoms with Crippen molar-refractivity contribution in [2.24, 2.45) is 5.73 Å². The molecule has 0 heterocycles. The summed E-state index contributed by atoms with van der Waals surface area (Å²) in [5, 5.41) is 8.80. The van der Waals surface area contributed by atoms with E-state index in [1.807, 2.05) is 0 Å². The van der Waals surface area contributed by atoms with Crippen molar-refractivity contribution >= 4 is 5.78 Å². The maximum absolute atomic E-state index is 11.4. The second-order valence-corrected chi connectivity index (χ2v) is 6.94. The van der Waals surface area contributed by atoms with E-state index < -0.39 is 6.04 Å². The van der Waals surface area contributed by atoms with Crippen molar-refractivity contribution in [3.8, 4) is 0 Å². The highest BCUT2D eigenvalue weighted by Gasteiger charge is 2.10. The predicted molar refractivity (Wildman–Crippen MR) is 118 cm³/mol. The van der Waals surface area contributed by atoms with E-state index in [0.717, 1.165) is 44.9 Å². The molecule has 0 aromatic carbocycles. The minimum Gasteiger partial charge on any atom is -0.394 e. The summed E-state index contributed by atoms with van der Waals surface area (Å²) < 4.78 is 0. The summed E-state index contributed by atoms with van der Waals surface area (Å²) in [7, 11) is 0. The third kappa shape index (κ3) is 19.1. The lowest BCUT2D eigenvalue weighted by Gasteiger charge is -2.05. The highest BCUT2D eigenvalue weighted by molar-refractivity contribution is 5.83. The molecule has 3 N–H and O–H groups in total. The summed E-state index contributed by atoms with van der Waals surface area (Å²) in [5.41, 5.74) is 5.47. The minimum absolute atomic E-state index is 0.0322. The van der Waals surface area contributed by atoms with E-state index in [2.05, 4.69) is 55.5 Å². The molecule has 154 valence electrons. The number of ketones is 1. The molecule has 0 bridgehead atoms. The summed E-state index contributed by atoms with van der Waals surface area (Å²) in [6, 6.07) is -0.696. The zero-order valence-corrected chi connectivity index (χ0v) is 17.3. The van der Waals surface area contributed by atoms with Gasteiger partial charge in [0.05, 0.1) is 12.6 Å². The van der Waals surface area contributed by atoms with Gasteiger partial charge in [0.2, 0.25) is 0 Å². The summed E-state index contributed by atoms with van der Waals surface area (Å²) in [6.07, 6.45) is 30.5. The van der Waals surface area contributed by atoms with Crippen molar-refractivity contribution in [3.05, 3.63) is 48.6 Å². The molecule has 1 atom stereocenters. The van der Waals surface area contributed by atoms with Crippen molar-refractivity contribution in [2.75, 3.05) is 6.61 Å². The SMILES string of the molecule is CCCCC/C=C/C/C=C/C/C=C/C/C=C/CCCCCC(=O)C(N)CO. The van der Waals surface area contributed by atoms with Crippen LogP contribution in [0.4, 0.5) is 0 Å². The fourth-order valence-electron chi connectivity index (χ4n) is 2.59. The topological polar surface area (TPSA) is 63.3 Å². The van der Waals surface area contributed by atoms with Crippen LogP contribution in [0.1, 0.15) is 84.0 Å². The van der Waals surface area contributed by atoms with Crippen molar-refractivity contribution in [2.45, 2.75) is 90.0 Å². The lowest BCUT2D eigenvalue weighted by molar-refractivity contribution is -0.121. The molecule has 0 aliphatic rings. The van der Waals surface area contributed by atoms with Gasteiger partial charge in [0.15, 0.2) is 5.78 Å². The fraction of sp³-hybridized carbons (Fsp3) is 0.625. The lowest BCUT2D eigenvalue weighted by atomic mass is 10.1. The van der Waals surface area contributed by atoms with E-state index in [-0.39, 0.29) is 12.4 Å². The second kappa shape index (κ2) is 20.9. The number of hydrogen-bond donors (Lipinski definition) is 2. The molecule has 0 aliphatic carbocycles. The first-order chi connectivity index (χ1) is 13.2. The molecule has 0 rings (SSSR count). The molecule has 0 saturated heterocycles. The van der Waals surface area contributed by atoms with Crippen LogP contribution in [0.3, 0.4) is 0 Å². The molecule has 0 spiro atoms. The summed E-state index contributed by atoms with van der Waals surface area (Å²) in [6.45, 7) is 1.99. The highest BCUT2D eigenvalue weighted by atomic mass is 16.3. The molecular formula is C24H41NO2. The highest BCUT2D eigenvalue weighted by Crippen LogP contribution is 2.06. The number of allylic oxidation sites excluding steroid dienone is 8. The first-order valence-corrected chi connectivity index (χ1v) is 10.7. The van der Waals surface area contributed by atoms with Crippen LogP contribution >= 0.6 is 0 Å². The Morgan fingerprint density at radius 1 is 0.778 bits per heavy atom. The molecule has 1 unspecified atom stereocenters. The third-order valence-corrected chi connectivity index (χ3v) is 4.36. The van der Waals surface area contributed by atoms with Crippen molar-refractivity contribution in [3.63, 3.8) is 0 Å². The maximum Gasteiger partial charge on any atom is 0.151 e. The molecule has 0 aromatic rings. The number of Topliss-reactive ketones (excluding diaryl/α,β-unsaturated/α-hetero) is 1. The minimum atomic E-state index is -0.696. The van der Waals surface area contributed by atoms with Gasteiger partial charge < -0.3 is 10.8 Å². The van der Waals surface area contributed by atoms with Crippen LogP contribution < -0.4 is 5.73 Å². The third-order valence-electron chi connectivity index (χ3n) is 4.36. The largest absolute Gasteiger partial charge is 0.394 e. The number of rotatable bonds is 18. The number of carbonyl (C=O) groups is 1.